The van der Waals surface area contributed by atoms with Crippen molar-refractivity contribution in [3.8, 4) is 0 Å². The van der Waals surface area contributed by atoms with Crippen LogP contribution in [0.2, 0.25) is 0 Å². The lowest BCUT2D eigenvalue weighted by Gasteiger charge is -2.28. The summed E-state index contributed by atoms with van der Waals surface area (Å²) in [6, 6.07) is 7.53. The van der Waals surface area contributed by atoms with E-state index in [9.17, 15) is 18.0 Å². The maximum absolute atomic E-state index is 12.1. The highest BCUT2D eigenvalue weighted by molar-refractivity contribution is 5.74. The molecule has 0 aromatic heterocycles. The maximum atomic E-state index is 12.1. The fourth-order valence-corrected chi connectivity index (χ4v) is 1.82. The van der Waals surface area contributed by atoms with Crippen molar-refractivity contribution in [2.24, 2.45) is 0 Å². The Morgan fingerprint density at radius 1 is 1.35 bits per heavy atom. The van der Waals surface area contributed by atoms with Crippen LogP contribution in [0.15, 0.2) is 30.3 Å². The molecule has 1 aromatic rings. The van der Waals surface area contributed by atoms with E-state index < -0.39 is 24.8 Å². The third kappa shape index (κ3) is 5.08. The zero-order chi connectivity index (χ0) is 15.2. The van der Waals surface area contributed by atoms with Gasteiger partial charge in [-0.05, 0) is 12.0 Å². The Bertz CT molecular complexity index is 423. The summed E-state index contributed by atoms with van der Waals surface area (Å²) in [4.78, 5) is 12.9. The van der Waals surface area contributed by atoms with Crippen LogP contribution in [-0.4, -0.2) is 42.4 Å². The fourth-order valence-electron chi connectivity index (χ4n) is 1.82. The highest BCUT2D eigenvalue weighted by atomic mass is 19.4. The number of urea groups is 1. The highest BCUT2D eigenvalue weighted by Crippen LogP contribution is 2.23. The first kappa shape index (κ1) is 16.3. The summed E-state index contributed by atoms with van der Waals surface area (Å²) in [7, 11) is 1.40. The van der Waals surface area contributed by atoms with Crippen molar-refractivity contribution in [1.29, 1.82) is 0 Å². The molecule has 1 rings (SSSR count). The molecule has 0 spiro atoms. The van der Waals surface area contributed by atoms with Crippen molar-refractivity contribution in [2.45, 2.75) is 18.6 Å². The van der Waals surface area contributed by atoms with Gasteiger partial charge in [0, 0.05) is 13.7 Å². The fraction of sp³-hybridized carbons (Fsp3) is 0.462. The lowest BCUT2D eigenvalue weighted by atomic mass is 10.0. The first-order valence-corrected chi connectivity index (χ1v) is 6.08. The smallest absolute Gasteiger partial charge is 0.396 e. The van der Waals surface area contributed by atoms with Crippen LogP contribution >= 0.6 is 0 Å². The van der Waals surface area contributed by atoms with E-state index in [0.29, 0.717) is 0 Å². The Labute approximate surface area is 115 Å². The number of halogens is 3. The van der Waals surface area contributed by atoms with Crippen LogP contribution in [0.1, 0.15) is 18.0 Å². The first-order valence-electron chi connectivity index (χ1n) is 6.08. The Hall–Kier alpha value is -1.76. The van der Waals surface area contributed by atoms with Crippen LogP contribution in [-0.2, 0) is 0 Å². The molecule has 4 nitrogen and oxygen atoms in total. The van der Waals surface area contributed by atoms with E-state index >= 15 is 0 Å². The minimum atomic E-state index is -4.45. The normalized spacial score (nSPS) is 12.8. The molecule has 0 aliphatic rings. The zero-order valence-electron chi connectivity index (χ0n) is 11.0. The van der Waals surface area contributed by atoms with E-state index in [1.807, 2.05) is 5.32 Å². The van der Waals surface area contributed by atoms with E-state index in [1.54, 1.807) is 30.3 Å². The van der Waals surface area contributed by atoms with Gasteiger partial charge in [-0.3, -0.25) is 0 Å². The number of alkyl halides is 3. The summed E-state index contributed by atoms with van der Waals surface area (Å²) in [5.74, 6) is 0. The molecule has 0 bridgehead atoms. The molecule has 112 valence electrons. The topological polar surface area (TPSA) is 52.6 Å². The minimum Gasteiger partial charge on any atom is -0.396 e. The summed E-state index contributed by atoms with van der Waals surface area (Å²) in [5.41, 5.74) is 0.756. The van der Waals surface area contributed by atoms with Gasteiger partial charge in [-0.2, -0.15) is 13.2 Å². The number of nitrogens with zero attached hydrogens (tertiary/aromatic N) is 1. The van der Waals surface area contributed by atoms with E-state index in [-0.39, 0.29) is 13.0 Å². The predicted octanol–water partition coefficient (Wildman–Crippen LogP) is 2.31. The van der Waals surface area contributed by atoms with E-state index in [2.05, 4.69) is 0 Å². The molecule has 0 saturated heterocycles. The van der Waals surface area contributed by atoms with Crippen molar-refractivity contribution in [1.82, 2.24) is 10.2 Å². The van der Waals surface area contributed by atoms with Crippen LogP contribution in [0.4, 0.5) is 18.0 Å². The van der Waals surface area contributed by atoms with Gasteiger partial charge in [-0.1, -0.05) is 30.3 Å². The number of hydrogen-bond acceptors (Lipinski definition) is 2. The number of rotatable bonds is 5. The van der Waals surface area contributed by atoms with Gasteiger partial charge >= 0.3 is 12.2 Å². The van der Waals surface area contributed by atoms with Gasteiger partial charge in [0.25, 0.3) is 0 Å². The molecule has 0 heterocycles. The molecule has 0 saturated carbocycles. The van der Waals surface area contributed by atoms with Crippen LogP contribution in [0.3, 0.4) is 0 Å². The van der Waals surface area contributed by atoms with Gasteiger partial charge in [0.05, 0.1) is 6.04 Å². The van der Waals surface area contributed by atoms with Crippen LogP contribution in [0.25, 0.3) is 0 Å². The number of hydrogen-bond donors (Lipinski definition) is 2. The molecule has 1 unspecified atom stereocenters. The first-order chi connectivity index (χ1) is 9.35. The van der Waals surface area contributed by atoms with Crippen molar-refractivity contribution < 1.29 is 23.1 Å². The largest absolute Gasteiger partial charge is 0.405 e. The summed E-state index contributed by atoms with van der Waals surface area (Å²) in [6.45, 7) is -1.55. The molecule has 0 radical (unpaired) electrons. The predicted molar refractivity (Wildman–Crippen MR) is 68.1 cm³/mol. The lowest BCUT2D eigenvalue weighted by Crippen LogP contribution is -2.43. The zero-order valence-corrected chi connectivity index (χ0v) is 11.0. The standard InChI is InChI=1S/C13H17F3N2O2/c1-18(12(20)17-9-13(14,15)16)11(7-8-19)10-5-3-2-4-6-10/h2-6,11,19H,7-9H2,1H3,(H,17,20). The second kappa shape index (κ2) is 7.14. The Morgan fingerprint density at radius 2 is 1.95 bits per heavy atom. The molecule has 0 aliphatic heterocycles. The van der Waals surface area contributed by atoms with Crippen molar-refractivity contribution in [3.63, 3.8) is 0 Å². The number of amides is 2. The van der Waals surface area contributed by atoms with E-state index in [0.717, 1.165) is 10.5 Å². The quantitative estimate of drug-likeness (QED) is 0.874. The average molecular weight is 290 g/mol. The van der Waals surface area contributed by atoms with E-state index in [1.165, 1.54) is 7.05 Å². The van der Waals surface area contributed by atoms with Gasteiger partial charge in [-0.15, -0.1) is 0 Å². The lowest BCUT2D eigenvalue weighted by molar-refractivity contribution is -0.123. The number of carbonyl (C=O) groups excluding carboxylic acids is 1. The molecule has 2 N–H and O–H groups in total. The van der Waals surface area contributed by atoms with Crippen molar-refractivity contribution >= 4 is 6.03 Å². The third-order valence-corrected chi connectivity index (χ3v) is 2.81. The number of nitrogens with one attached hydrogen (secondary N) is 1. The number of benzene rings is 1. The Morgan fingerprint density at radius 3 is 2.45 bits per heavy atom. The number of carbonyl (C=O) groups is 1. The number of aliphatic hydroxyl groups is 1. The van der Waals surface area contributed by atoms with Crippen molar-refractivity contribution in [2.75, 3.05) is 20.2 Å². The SMILES string of the molecule is CN(C(=O)NCC(F)(F)F)C(CCO)c1ccccc1. The van der Waals surface area contributed by atoms with Crippen molar-refractivity contribution in [3.05, 3.63) is 35.9 Å². The Kier molecular flexibility index (Phi) is 5.82. The average Bonchev–Trinajstić information content (AvgIpc) is 2.41. The molecular weight excluding hydrogens is 273 g/mol. The summed E-state index contributed by atoms with van der Waals surface area (Å²) < 4.78 is 36.2. The molecule has 1 aromatic carbocycles. The monoisotopic (exact) mass is 290 g/mol. The molecule has 1 atom stereocenters. The molecule has 2 amide bonds. The second-order valence-electron chi connectivity index (χ2n) is 4.32. The molecular formula is C13H17F3N2O2. The van der Waals surface area contributed by atoms with Crippen LogP contribution < -0.4 is 5.32 Å². The van der Waals surface area contributed by atoms with Crippen LogP contribution in [0.5, 0.6) is 0 Å². The molecule has 0 aliphatic carbocycles. The third-order valence-electron chi connectivity index (χ3n) is 2.81. The van der Waals surface area contributed by atoms with Gasteiger partial charge in [-0.25, -0.2) is 4.79 Å². The Balaban J connectivity index is 2.74. The summed E-state index contributed by atoms with van der Waals surface area (Å²) >= 11 is 0. The van der Waals surface area contributed by atoms with Gasteiger partial charge in [0.1, 0.15) is 6.54 Å². The summed E-state index contributed by atoms with van der Waals surface area (Å²) in [6.07, 6.45) is -4.20. The summed E-state index contributed by atoms with van der Waals surface area (Å²) in [5, 5.41) is 10.9. The minimum absolute atomic E-state index is 0.170. The van der Waals surface area contributed by atoms with Gasteiger partial charge in [0.2, 0.25) is 0 Å². The maximum Gasteiger partial charge on any atom is 0.405 e. The van der Waals surface area contributed by atoms with Gasteiger partial charge < -0.3 is 15.3 Å². The van der Waals surface area contributed by atoms with Crippen LogP contribution in [0, 0.1) is 0 Å². The van der Waals surface area contributed by atoms with E-state index in [4.69, 9.17) is 5.11 Å². The number of aliphatic hydroxyl groups excluding tert-OH is 1. The molecule has 0 fully saturated rings. The second-order valence-corrected chi connectivity index (χ2v) is 4.32. The molecule has 20 heavy (non-hydrogen) atoms. The van der Waals surface area contributed by atoms with Gasteiger partial charge in [0.15, 0.2) is 0 Å². The highest BCUT2D eigenvalue weighted by Gasteiger charge is 2.29. The molecule has 7 heteroatoms.